The Labute approximate surface area is 240 Å². The summed E-state index contributed by atoms with van der Waals surface area (Å²) < 4.78 is 52.1. The number of carbonyl (C=O) groups is 2. The van der Waals surface area contributed by atoms with Crippen LogP contribution in [-0.4, -0.2) is 80.9 Å². The van der Waals surface area contributed by atoms with Crippen LogP contribution in [-0.2, 0) is 26.3 Å². The van der Waals surface area contributed by atoms with Gasteiger partial charge in [-0.3, -0.25) is 14.3 Å². The zero-order valence-corrected chi connectivity index (χ0v) is 24.0. The maximum Gasteiger partial charge on any atom is 0.280 e. The van der Waals surface area contributed by atoms with Crippen LogP contribution < -0.4 is 0 Å². The third kappa shape index (κ3) is 7.07. The molecule has 1 saturated heterocycles. The van der Waals surface area contributed by atoms with Crippen molar-refractivity contribution in [3.05, 3.63) is 52.2 Å². The predicted molar refractivity (Wildman–Crippen MR) is 143 cm³/mol. The van der Waals surface area contributed by atoms with E-state index in [4.69, 9.17) is 20.9 Å². The lowest BCUT2D eigenvalue weighted by atomic mass is 9.95. The minimum atomic E-state index is -2.88. The second-order valence-corrected chi connectivity index (χ2v) is 11.3. The van der Waals surface area contributed by atoms with Gasteiger partial charge < -0.3 is 19.1 Å². The number of carbonyl (C=O) groups excluding carboxylic acids is 2. The highest BCUT2D eigenvalue weighted by Crippen LogP contribution is 2.54. The van der Waals surface area contributed by atoms with Crippen LogP contribution in [0.1, 0.15) is 57.1 Å². The first kappa shape index (κ1) is 30.5. The Morgan fingerprint density at radius 2 is 1.85 bits per heavy atom. The van der Waals surface area contributed by atoms with Crippen LogP contribution >= 0.6 is 11.6 Å². The van der Waals surface area contributed by atoms with Crippen molar-refractivity contribution in [2.45, 2.75) is 57.6 Å². The van der Waals surface area contributed by atoms with E-state index in [1.165, 1.54) is 17.0 Å². The summed E-state index contributed by atoms with van der Waals surface area (Å²) in [5.41, 5.74) is -0.381. The first-order valence-electron chi connectivity index (χ1n) is 13.0. The van der Waals surface area contributed by atoms with E-state index in [0.717, 1.165) is 10.7 Å². The molecule has 0 spiro atoms. The molecule has 1 aliphatic heterocycles. The number of hydrogen-bond acceptors (Lipinski definition) is 7. The van der Waals surface area contributed by atoms with Crippen LogP contribution in [0.5, 0.6) is 0 Å². The number of benzene rings is 1. The molecule has 0 unspecified atom stereocenters. The average Bonchev–Trinajstić information content (AvgIpc) is 3.37. The van der Waals surface area contributed by atoms with E-state index in [1.807, 2.05) is 20.8 Å². The second kappa shape index (κ2) is 12.2. The van der Waals surface area contributed by atoms with Gasteiger partial charge in [0.15, 0.2) is 11.5 Å². The number of nitrogens with zero attached hydrogens (tertiary/aromatic N) is 6. The lowest BCUT2D eigenvalue weighted by Crippen LogP contribution is -2.49. The lowest BCUT2D eigenvalue weighted by molar-refractivity contribution is -0.136. The van der Waals surface area contributed by atoms with Gasteiger partial charge in [0.25, 0.3) is 12.3 Å². The highest BCUT2D eigenvalue weighted by Gasteiger charge is 2.51. The molecule has 41 heavy (non-hydrogen) atoms. The Morgan fingerprint density at radius 3 is 2.39 bits per heavy atom. The Morgan fingerprint density at radius 1 is 1.20 bits per heavy atom. The molecular formula is C27H32ClF3N6O4. The Kier molecular flexibility index (Phi) is 9.07. The van der Waals surface area contributed by atoms with E-state index in [9.17, 15) is 22.8 Å². The lowest BCUT2D eigenvalue weighted by Gasteiger charge is -2.32. The molecule has 10 nitrogen and oxygen atoms in total. The molecule has 1 saturated carbocycles. The Hall–Kier alpha value is -3.45. The number of piperazine rings is 1. The third-order valence-corrected chi connectivity index (χ3v) is 7.33. The highest BCUT2D eigenvalue weighted by atomic mass is 35.5. The number of hydrogen-bond donors (Lipinski definition) is 0. The van der Waals surface area contributed by atoms with Crippen molar-refractivity contribution in [2.24, 2.45) is 0 Å². The monoisotopic (exact) mass is 596 g/mol. The van der Waals surface area contributed by atoms with Crippen molar-refractivity contribution in [1.82, 2.24) is 29.7 Å². The summed E-state index contributed by atoms with van der Waals surface area (Å²) in [4.78, 5) is 30.9. The minimum Gasteiger partial charge on any atom is -0.379 e. The number of halogens is 4. The van der Waals surface area contributed by atoms with Crippen LogP contribution in [0.4, 0.5) is 13.2 Å². The number of rotatable bonds is 7. The number of aromatic nitrogens is 4. The van der Waals surface area contributed by atoms with Gasteiger partial charge in [0.1, 0.15) is 18.1 Å². The fourth-order valence-corrected chi connectivity index (χ4v) is 4.63. The molecule has 0 atom stereocenters. The van der Waals surface area contributed by atoms with Crippen molar-refractivity contribution in [3.8, 4) is 11.6 Å². The van der Waals surface area contributed by atoms with E-state index >= 15 is 0 Å². The van der Waals surface area contributed by atoms with Gasteiger partial charge in [-0.15, -0.1) is 0 Å². The van der Waals surface area contributed by atoms with E-state index in [-0.39, 0.29) is 28.1 Å². The largest absolute Gasteiger partial charge is 0.379 e. The number of alkyl halides is 2. The molecule has 2 aromatic heterocycles. The molecule has 1 aromatic carbocycles. The molecule has 0 radical (unpaired) electrons. The summed E-state index contributed by atoms with van der Waals surface area (Å²) in [6.45, 7) is 7.06. The van der Waals surface area contributed by atoms with E-state index < -0.39 is 29.9 Å². The SMILES string of the molecule is COC(C)(C)C.O=CN1CCN(C(=O)Cn2nc(-c3nc(C4(c5ccc(F)cc5Cl)CC4)no3)cc2C(F)F)CC1. The number of ether oxygens (including phenoxy) is 1. The van der Waals surface area contributed by atoms with Gasteiger partial charge in [0.2, 0.25) is 12.3 Å². The summed E-state index contributed by atoms with van der Waals surface area (Å²) in [6.07, 6.45) is -0.837. The van der Waals surface area contributed by atoms with Crippen LogP contribution in [0.3, 0.4) is 0 Å². The van der Waals surface area contributed by atoms with Crippen molar-refractivity contribution in [2.75, 3.05) is 33.3 Å². The summed E-state index contributed by atoms with van der Waals surface area (Å²) in [6, 6.07) is 5.20. The molecule has 0 N–H and O–H groups in total. The summed E-state index contributed by atoms with van der Waals surface area (Å²) >= 11 is 6.23. The van der Waals surface area contributed by atoms with E-state index in [0.29, 0.717) is 56.8 Å². The summed E-state index contributed by atoms with van der Waals surface area (Å²) in [7, 11) is 1.71. The average molecular weight is 597 g/mol. The highest BCUT2D eigenvalue weighted by molar-refractivity contribution is 6.31. The molecule has 3 aromatic rings. The fourth-order valence-electron chi connectivity index (χ4n) is 4.28. The normalized spacial score (nSPS) is 16.4. The third-order valence-electron chi connectivity index (χ3n) is 7.02. The van der Waals surface area contributed by atoms with Crippen molar-refractivity contribution < 1.29 is 32.0 Å². The topological polar surface area (TPSA) is 107 Å². The quantitative estimate of drug-likeness (QED) is 0.370. The molecule has 14 heteroatoms. The molecular weight excluding hydrogens is 565 g/mol. The van der Waals surface area contributed by atoms with Crippen molar-refractivity contribution in [1.29, 1.82) is 0 Å². The van der Waals surface area contributed by atoms with Gasteiger partial charge in [-0.2, -0.15) is 10.1 Å². The first-order chi connectivity index (χ1) is 19.4. The first-order valence-corrected chi connectivity index (χ1v) is 13.4. The molecule has 0 bridgehead atoms. The molecule has 3 heterocycles. The standard InChI is InChI=1S/C22H20ClF3N6O3.C5H12O/c23-15-9-13(24)1-2-14(15)22(3-4-22)21-27-20(35-29-21)16-10-17(19(25)26)32(28-16)11-18(34)31-7-5-30(12-33)6-8-31;1-5(2,3)6-4/h1-2,9-10,12,19H,3-8,11H2;1-4H3. The smallest absolute Gasteiger partial charge is 0.280 e. The van der Waals surface area contributed by atoms with Crippen LogP contribution in [0, 0.1) is 5.82 Å². The minimum absolute atomic E-state index is 0.0126. The van der Waals surface area contributed by atoms with Crippen LogP contribution in [0.2, 0.25) is 5.02 Å². The molecule has 2 amide bonds. The Bertz CT molecular complexity index is 1380. The molecule has 1 aliphatic carbocycles. The van der Waals surface area contributed by atoms with Gasteiger partial charge >= 0.3 is 0 Å². The van der Waals surface area contributed by atoms with Crippen LogP contribution in [0.25, 0.3) is 11.6 Å². The molecule has 222 valence electrons. The Balaban J connectivity index is 0.000000585. The maximum absolute atomic E-state index is 13.7. The second-order valence-electron chi connectivity index (χ2n) is 10.9. The van der Waals surface area contributed by atoms with Crippen molar-refractivity contribution in [3.63, 3.8) is 0 Å². The summed E-state index contributed by atoms with van der Waals surface area (Å²) in [5, 5.41) is 8.39. The van der Waals surface area contributed by atoms with Gasteiger partial charge in [-0.05, 0) is 57.4 Å². The molecule has 2 fully saturated rings. The fraction of sp³-hybridized carbons (Fsp3) is 0.519. The van der Waals surface area contributed by atoms with Gasteiger partial charge in [-0.1, -0.05) is 22.8 Å². The molecule has 5 rings (SSSR count). The summed E-state index contributed by atoms with van der Waals surface area (Å²) in [5.74, 6) is -0.620. The number of amides is 2. The predicted octanol–water partition coefficient (Wildman–Crippen LogP) is 4.48. The molecule has 2 aliphatic rings. The number of methoxy groups -OCH3 is 1. The van der Waals surface area contributed by atoms with Gasteiger partial charge in [0, 0.05) is 38.3 Å². The zero-order chi connectivity index (χ0) is 29.9. The maximum atomic E-state index is 13.7. The van der Waals surface area contributed by atoms with Crippen LogP contribution in [0.15, 0.2) is 28.8 Å². The van der Waals surface area contributed by atoms with Gasteiger partial charge in [-0.25, -0.2) is 13.2 Å². The van der Waals surface area contributed by atoms with E-state index in [2.05, 4.69) is 15.2 Å². The zero-order valence-electron chi connectivity index (χ0n) is 23.2. The van der Waals surface area contributed by atoms with Crippen molar-refractivity contribution >= 4 is 23.9 Å². The van der Waals surface area contributed by atoms with E-state index in [1.54, 1.807) is 18.1 Å². The van der Waals surface area contributed by atoms with Gasteiger partial charge in [0.05, 0.1) is 11.0 Å².